The summed E-state index contributed by atoms with van der Waals surface area (Å²) in [6.07, 6.45) is 3.74. The molecule has 3 aromatic carbocycles. The number of anilines is 1. The van der Waals surface area contributed by atoms with Gasteiger partial charge in [0.2, 0.25) is 0 Å². The molecule has 0 aliphatic rings. The maximum absolute atomic E-state index is 13.2. The van der Waals surface area contributed by atoms with E-state index < -0.39 is 5.97 Å². The normalized spacial score (nSPS) is 11.2. The molecule has 0 atom stereocenters. The standard InChI is InChI=1S/C23H18FN3O2/c24-19-9-5-16(6-10-19)14-27-15-18(21-3-1-2-4-22(21)27)13-25-26-20-11-7-17(8-12-20)23(28)29/h1-13,15,26H,14H2,(H,28,29)/b25-13+. The zero-order valence-corrected chi connectivity index (χ0v) is 15.4. The first kappa shape index (κ1) is 18.4. The van der Waals surface area contributed by atoms with Gasteiger partial charge in [0.15, 0.2) is 0 Å². The molecule has 2 N–H and O–H groups in total. The van der Waals surface area contributed by atoms with Crippen LogP contribution in [0.25, 0.3) is 10.9 Å². The van der Waals surface area contributed by atoms with Gasteiger partial charge in [-0.3, -0.25) is 5.43 Å². The minimum absolute atomic E-state index is 0.225. The number of aromatic nitrogens is 1. The van der Waals surface area contributed by atoms with Gasteiger partial charge in [-0.25, -0.2) is 9.18 Å². The highest BCUT2D eigenvalue weighted by Crippen LogP contribution is 2.21. The van der Waals surface area contributed by atoms with Crippen LogP contribution in [0.2, 0.25) is 0 Å². The number of aromatic carboxylic acids is 1. The Kier molecular flexibility index (Phi) is 5.07. The van der Waals surface area contributed by atoms with Crippen molar-refractivity contribution < 1.29 is 14.3 Å². The monoisotopic (exact) mass is 387 g/mol. The number of carboxylic acids is 1. The minimum Gasteiger partial charge on any atom is -0.478 e. The molecule has 0 unspecified atom stereocenters. The molecule has 0 saturated carbocycles. The zero-order valence-electron chi connectivity index (χ0n) is 15.4. The maximum Gasteiger partial charge on any atom is 0.335 e. The largest absolute Gasteiger partial charge is 0.478 e. The Morgan fingerprint density at radius 2 is 1.76 bits per heavy atom. The van der Waals surface area contributed by atoms with Gasteiger partial charge in [0, 0.05) is 29.2 Å². The molecule has 0 fully saturated rings. The van der Waals surface area contributed by atoms with E-state index in [0.717, 1.165) is 22.0 Å². The molecular formula is C23H18FN3O2. The third-order valence-electron chi connectivity index (χ3n) is 4.61. The Hall–Kier alpha value is -3.93. The van der Waals surface area contributed by atoms with Crippen molar-refractivity contribution in [2.45, 2.75) is 6.54 Å². The lowest BCUT2D eigenvalue weighted by Crippen LogP contribution is -1.98. The number of carbonyl (C=O) groups is 1. The average molecular weight is 387 g/mol. The number of fused-ring (bicyclic) bond motifs is 1. The van der Waals surface area contributed by atoms with E-state index in [-0.39, 0.29) is 11.4 Å². The summed E-state index contributed by atoms with van der Waals surface area (Å²) in [5.41, 5.74) is 6.84. The smallest absolute Gasteiger partial charge is 0.335 e. The molecule has 1 aromatic heterocycles. The van der Waals surface area contributed by atoms with Crippen LogP contribution < -0.4 is 5.43 Å². The first-order chi connectivity index (χ1) is 14.1. The first-order valence-corrected chi connectivity index (χ1v) is 9.05. The molecule has 4 rings (SSSR count). The zero-order chi connectivity index (χ0) is 20.2. The van der Waals surface area contributed by atoms with E-state index in [1.807, 2.05) is 30.5 Å². The summed E-state index contributed by atoms with van der Waals surface area (Å²) in [6.45, 7) is 0.624. The van der Waals surface area contributed by atoms with E-state index in [0.29, 0.717) is 12.2 Å². The van der Waals surface area contributed by atoms with E-state index in [9.17, 15) is 9.18 Å². The number of carboxylic acid groups (broad SMARTS) is 1. The molecule has 0 aliphatic carbocycles. The molecule has 29 heavy (non-hydrogen) atoms. The van der Waals surface area contributed by atoms with Gasteiger partial charge in [-0.05, 0) is 48.0 Å². The van der Waals surface area contributed by atoms with Crippen molar-refractivity contribution >= 4 is 28.8 Å². The second-order valence-electron chi connectivity index (χ2n) is 6.61. The summed E-state index contributed by atoms with van der Waals surface area (Å²) in [7, 11) is 0. The average Bonchev–Trinajstić information content (AvgIpc) is 3.08. The number of benzene rings is 3. The number of para-hydroxylation sites is 1. The van der Waals surface area contributed by atoms with E-state index in [4.69, 9.17) is 5.11 Å². The highest BCUT2D eigenvalue weighted by atomic mass is 19.1. The molecule has 0 amide bonds. The van der Waals surface area contributed by atoms with Crippen molar-refractivity contribution in [2.24, 2.45) is 5.10 Å². The predicted molar refractivity (Wildman–Crippen MR) is 112 cm³/mol. The fourth-order valence-electron chi connectivity index (χ4n) is 3.16. The van der Waals surface area contributed by atoms with E-state index in [1.54, 1.807) is 30.5 Å². The van der Waals surface area contributed by atoms with Crippen LogP contribution in [0, 0.1) is 5.82 Å². The van der Waals surface area contributed by atoms with Crippen molar-refractivity contribution in [1.29, 1.82) is 0 Å². The van der Waals surface area contributed by atoms with Crippen molar-refractivity contribution in [3.63, 3.8) is 0 Å². The predicted octanol–water partition coefficient (Wildman–Crippen LogP) is 4.97. The fraction of sp³-hybridized carbons (Fsp3) is 0.0435. The number of nitrogens with one attached hydrogen (secondary N) is 1. The summed E-state index contributed by atoms with van der Waals surface area (Å²) in [5, 5.41) is 14.3. The molecule has 0 saturated heterocycles. The van der Waals surface area contributed by atoms with Gasteiger partial charge in [-0.15, -0.1) is 0 Å². The van der Waals surface area contributed by atoms with Gasteiger partial charge in [0.1, 0.15) is 5.82 Å². The van der Waals surface area contributed by atoms with Crippen LogP contribution >= 0.6 is 0 Å². The second-order valence-corrected chi connectivity index (χ2v) is 6.61. The summed E-state index contributed by atoms with van der Waals surface area (Å²) in [4.78, 5) is 10.9. The maximum atomic E-state index is 13.2. The number of halogens is 1. The topological polar surface area (TPSA) is 66.6 Å². The fourth-order valence-corrected chi connectivity index (χ4v) is 3.16. The molecule has 0 aliphatic heterocycles. The van der Waals surface area contributed by atoms with Crippen molar-refractivity contribution in [2.75, 3.05) is 5.43 Å². The van der Waals surface area contributed by atoms with Crippen LogP contribution in [0.3, 0.4) is 0 Å². The van der Waals surface area contributed by atoms with Gasteiger partial charge in [-0.2, -0.15) is 5.10 Å². The highest BCUT2D eigenvalue weighted by molar-refractivity contribution is 5.99. The Balaban J connectivity index is 1.56. The molecule has 1 heterocycles. The van der Waals surface area contributed by atoms with Crippen molar-refractivity contribution in [3.05, 3.63) is 102 Å². The summed E-state index contributed by atoms with van der Waals surface area (Å²) in [5.74, 6) is -1.21. The molecule has 5 nitrogen and oxygen atoms in total. The van der Waals surface area contributed by atoms with Crippen molar-refractivity contribution in [1.82, 2.24) is 4.57 Å². The van der Waals surface area contributed by atoms with Gasteiger partial charge in [0.05, 0.1) is 17.5 Å². The van der Waals surface area contributed by atoms with Crippen LogP contribution in [0.4, 0.5) is 10.1 Å². The highest BCUT2D eigenvalue weighted by Gasteiger charge is 2.07. The van der Waals surface area contributed by atoms with Crippen LogP contribution in [0.5, 0.6) is 0 Å². The number of nitrogens with zero attached hydrogens (tertiary/aromatic N) is 2. The van der Waals surface area contributed by atoms with Gasteiger partial charge < -0.3 is 9.67 Å². The second kappa shape index (κ2) is 7.98. The minimum atomic E-state index is -0.964. The lowest BCUT2D eigenvalue weighted by molar-refractivity contribution is 0.0697. The Morgan fingerprint density at radius 3 is 2.48 bits per heavy atom. The number of hydrogen-bond acceptors (Lipinski definition) is 3. The van der Waals surface area contributed by atoms with E-state index >= 15 is 0 Å². The Bertz CT molecular complexity index is 1180. The van der Waals surface area contributed by atoms with Gasteiger partial charge >= 0.3 is 5.97 Å². The third kappa shape index (κ3) is 4.16. The van der Waals surface area contributed by atoms with Crippen molar-refractivity contribution in [3.8, 4) is 0 Å². The summed E-state index contributed by atoms with van der Waals surface area (Å²) >= 11 is 0. The number of hydrogen-bond donors (Lipinski definition) is 2. The lowest BCUT2D eigenvalue weighted by Gasteiger charge is -2.05. The molecule has 0 bridgehead atoms. The Morgan fingerprint density at radius 1 is 1.03 bits per heavy atom. The molecule has 6 heteroatoms. The molecule has 144 valence electrons. The Labute approximate surface area is 166 Å². The lowest BCUT2D eigenvalue weighted by atomic mass is 10.2. The first-order valence-electron chi connectivity index (χ1n) is 9.05. The van der Waals surface area contributed by atoms with E-state index in [1.165, 1.54) is 24.3 Å². The quantitative estimate of drug-likeness (QED) is 0.362. The molecule has 0 spiro atoms. The van der Waals surface area contributed by atoms with Crippen LogP contribution in [-0.2, 0) is 6.54 Å². The van der Waals surface area contributed by atoms with Crippen LogP contribution in [0.15, 0.2) is 84.1 Å². The van der Waals surface area contributed by atoms with Crippen LogP contribution in [-0.4, -0.2) is 21.9 Å². The summed E-state index contributed by atoms with van der Waals surface area (Å²) in [6, 6.07) is 20.9. The number of hydrazone groups is 1. The van der Waals surface area contributed by atoms with Gasteiger partial charge in [0.25, 0.3) is 0 Å². The molecular weight excluding hydrogens is 369 g/mol. The van der Waals surface area contributed by atoms with Gasteiger partial charge in [-0.1, -0.05) is 30.3 Å². The number of rotatable bonds is 6. The molecule has 0 radical (unpaired) electrons. The van der Waals surface area contributed by atoms with Crippen LogP contribution in [0.1, 0.15) is 21.5 Å². The SMILES string of the molecule is O=C(O)c1ccc(N/N=C/c2cn(Cc3ccc(F)cc3)c3ccccc23)cc1. The molecule has 4 aromatic rings. The van der Waals surface area contributed by atoms with E-state index in [2.05, 4.69) is 15.1 Å². The third-order valence-corrected chi connectivity index (χ3v) is 4.61. The summed E-state index contributed by atoms with van der Waals surface area (Å²) < 4.78 is 15.3.